The smallest absolute Gasteiger partial charge is 0.243 e. The van der Waals surface area contributed by atoms with Gasteiger partial charge in [0.05, 0.1) is 17.0 Å². The predicted molar refractivity (Wildman–Crippen MR) is 123 cm³/mol. The van der Waals surface area contributed by atoms with Crippen molar-refractivity contribution < 1.29 is 13.2 Å². The Kier molecular flexibility index (Phi) is 6.43. The van der Waals surface area contributed by atoms with E-state index in [1.807, 2.05) is 30.5 Å². The third-order valence-electron chi connectivity index (χ3n) is 5.17. The monoisotopic (exact) mass is 475 g/mol. The molecule has 0 saturated carbocycles. The molecule has 1 fully saturated rings. The lowest BCUT2D eigenvalue weighted by Crippen LogP contribution is -2.50. The molecule has 0 unspecified atom stereocenters. The summed E-state index contributed by atoms with van der Waals surface area (Å²) in [5.41, 5.74) is 2.94. The highest BCUT2D eigenvalue weighted by atomic mass is 35.5. The summed E-state index contributed by atoms with van der Waals surface area (Å²) in [4.78, 5) is 19.2. The van der Waals surface area contributed by atoms with Gasteiger partial charge < -0.3 is 4.90 Å². The highest BCUT2D eigenvalue weighted by molar-refractivity contribution is 7.89. The van der Waals surface area contributed by atoms with Gasteiger partial charge in [0.25, 0.3) is 0 Å². The fraction of sp³-hybridized carbons (Fsp3) is 0.273. The molecule has 0 aliphatic carbocycles. The number of carbonyl (C=O) groups excluding carboxylic acids is 1. The third kappa shape index (κ3) is 4.98. The molecule has 0 N–H and O–H groups in total. The maximum absolute atomic E-state index is 12.8. The Hall–Kier alpha value is -2.26. The highest BCUT2D eigenvalue weighted by Crippen LogP contribution is 2.25. The van der Waals surface area contributed by atoms with E-state index in [-0.39, 0.29) is 30.3 Å². The number of thiazole rings is 1. The van der Waals surface area contributed by atoms with Crippen LogP contribution in [0.15, 0.2) is 58.8 Å². The van der Waals surface area contributed by atoms with E-state index in [2.05, 4.69) is 11.1 Å². The molecular weight excluding hydrogens is 454 g/mol. The van der Waals surface area contributed by atoms with E-state index in [0.717, 1.165) is 21.8 Å². The first kappa shape index (κ1) is 22.0. The van der Waals surface area contributed by atoms with Gasteiger partial charge in [-0.05, 0) is 31.2 Å². The van der Waals surface area contributed by atoms with Gasteiger partial charge in [0.2, 0.25) is 15.9 Å². The van der Waals surface area contributed by atoms with Crippen LogP contribution in [-0.4, -0.2) is 54.7 Å². The van der Waals surface area contributed by atoms with E-state index < -0.39 is 10.0 Å². The van der Waals surface area contributed by atoms with Gasteiger partial charge in [-0.1, -0.05) is 41.4 Å². The number of piperazine rings is 1. The zero-order valence-corrected chi connectivity index (χ0v) is 19.4. The molecule has 9 heteroatoms. The molecule has 1 saturated heterocycles. The molecule has 0 radical (unpaired) electrons. The number of benzene rings is 2. The van der Waals surface area contributed by atoms with E-state index in [1.54, 1.807) is 17.0 Å². The van der Waals surface area contributed by atoms with Crippen molar-refractivity contribution in [1.82, 2.24) is 14.2 Å². The van der Waals surface area contributed by atoms with Crippen LogP contribution < -0.4 is 0 Å². The molecular formula is C22H22ClN3O3S2. The summed E-state index contributed by atoms with van der Waals surface area (Å²) >= 11 is 7.46. The van der Waals surface area contributed by atoms with Crippen LogP contribution in [0, 0.1) is 6.92 Å². The number of aryl methyl sites for hydroxylation is 1. The minimum Gasteiger partial charge on any atom is -0.340 e. The van der Waals surface area contributed by atoms with E-state index in [0.29, 0.717) is 18.1 Å². The average Bonchev–Trinajstić information content (AvgIpc) is 3.22. The summed E-state index contributed by atoms with van der Waals surface area (Å²) in [7, 11) is -3.62. The standard InChI is InChI=1S/C22H22ClN3O3S2/c1-16-4-2-5-17(12-16)22-24-19(15-30-22)14-21(27)25-8-10-26(11-9-25)31(28,29)20-7-3-6-18(23)13-20/h2-7,12-13,15H,8-11,14H2,1H3. The first-order chi connectivity index (χ1) is 14.8. The van der Waals surface area contributed by atoms with Gasteiger partial charge in [0, 0.05) is 42.1 Å². The maximum Gasteiger partial charge on any atom is 0.243 e. The van der Waals surface area contributed by atoms with E-state index in [9.17, 15) is 13.2 Å². The van der Waals surface area contributed by atoms with Gasteiger partial charge in [-0.25, -0.2) is 13.4 Å². The summed E-state index contributed by atoms with van der Waals surface area (Å²) in [5.74, 6) is -0.0408. The van der Waals surface area contributed by atoms with Crippen molar-refractivity contribution in [1.29, 1.82) is 0 Å². The SMILES string of the molecule is Cc1cccc(-c2nc(CC(=O)N3CCN(S(=O)(=O)c4cccc(Cl)c4)CC3)cs2)c1. The lowest BCUT2D eigenvalue weighted by molar-refractivity contribution is -0.131. The highest BCUT2D eigenvalue weighted by Gasteiger charge is 2.30. The van der Waals surface area contributed by atoms with Gasteiger partial charge in [0.1, 0.15) is 5.01 Å². The minimum atomic E-state index is -3.62. The zero-order chi connectivity index (χ0) is 22.0. The quantitative estimate of drug-likeness (QED) is 0.562. The van der Waals surface area contributed by atoms with Crippen LogP contribution in [0.5, 0.6) is 0 Å². The van der Waals surface area contributed by atoms with E-state index in [4.69, 9.17) is 11.6 Å². The Morgan fingerprint density at radius 1 is 1.10 bits per heavy atom. The van der Waals surface area contributed by atoms with Gasteiger partial charge in [-0.15, -0.1) is 11.3 Å². The lowest BCUT2D eigenvalue weighted by atomic mass is 10.1. The van der Waals surface area contributed by atoms with Gasteiger partial charge >= 0.3 is 0 Å². The van der Waals surface area contributed by atoms with Crippen molar-refractivity contribution in [3.05, 3.63) is 70.2 Å². The molecule has 0 atom stereocenters. The summed E-state index contributed by atoms with van der Waals surface area (Å²) in [5, 5.41) is 3.18. The molecule has 1 aromatic heterocycles. The molecule has 1 aliphatic rings. The number of aromatic nitrogens is 1. The van der Waals surface area contributed by atoms with Gasteiger partial charge in [-0.3, -0.25) is 4.79 Å². The summed E-state index contributed by atoms with van der Waals surface area (Å²) < 4.78 is 27.1. The third-order valence-corrected chi connectivity index (χ3v) is 8.24. The molecule has 0 bridgehead atoms. The van der Waals surface area contributed by atoms with Crippen LogP contribution >= 0.6 is 22.9 Å². The van der Waals surface area contributed by atoms with Crippen molar-refractivity contribution in [3.63, 3.8) is 0 Å². The Morgan fingerprint density at radius 2 is 1.84 bits per heavy atom. The molecule has 6 nitrogen and oxygen atoms in total. The molecule has 4 rings (SSSR count). The molecule has 1 amide bonds. The number of hydrogen-bond donors (Lipinski definition) is 0. The normalized spacial score (nSPS) is 15.2. The molecule has 2 aromatic carbocycles. The zero-order valence-electron chi connectivity index (χ0n) is 17.0. The number of halogens is 1. The number of hydrogen-bond acceptors (Lipinski definition) is 5. The second-order valence-electron chi connectivity index (χ2n) is 7.43. The number of nitrogens with zero attached hydrogens (tertiary/aromatic N) is 3. The molecule has 2 heterocycles. The molecule has 3 aromatic rings. The summed E-state index contributed by atoms with van der Waals surface area (Å²) in [6.45, 7) is 3.26. The van der Waals surface area contributed by atoms with E-state index in [1.165, 1.54) is 27.8 Å². The fourth-order valence-corrected chi connectivity index (χ4v) is 6.06. The summed E-state index contributed by atoms with van der Waals surface area (Å²) in [6, 6.07) is 14.4. The van der Waals surface area contributed by atoms with Crippen molar-refractivity contribution in [3.8, 4) is 10.6 Å². The van der Waals surface area contributed by atoms with Crippen molar-refractivity contribution >= 4 is 38.9 Å². The first-order valence-corrected chi connectivity index (χ1v) is 12.6. The number of carbonyl (C=O) groups is 1. The van der Waals surface area contributed by atoms with E-state index >= 15 is 0 Å². The maximum atomic E-state index is 12.8. The molecule has 162 valence electrons. The Bertz CT molecular complexity index is 1200. The first-order valence-electron chi connectivity index (χ1n) is 9.88. The largest absolute Gasteiger partial charge is 0.340 e. The van der Waals surface area contributed by atoms with Crippen LogP contribution in [0.1, 0.15) is 11.3 Å². The lowest BCUT2D eigenvalue weighted by Gasteiger charge is -2.34. The average molecular weight is 476 g/mol. The summed E-state index contributed by atoms with van der Waals surface area (Å²) in [6.07, 6.45) is 0.212. The number of rotatable bonds is 5. The number of amides is 1. The number of sulfonamides is 1. The Balaban J connectivity index is 1.37. The van der Waals surface area contributed by atoms with Crippen LogP contribution in [0.25, 0.3) is 10.6 Å². The Morgan fingerprint density at radius 3 is 2.55 bits per heavy atom. The van der Waals surface area contributed by atoms with Crippen LogP contribution in [0.3, 0.4) is 0 Å². The van der Waals surface area contributed by atoms with Crippen molar-refractivity contribution in [2.45, 2.75) is 18.2 Å². The van der Waals surface area contributed by atoms with Crippen molar-refractivity contribution in [2.75, 3.05) is 26.2 Å². The molecule has 1 aliphatic heterocycles. The van der Waals surface area contributed by atoms with Gasteiger partial charge in [-0.2, -0.15) is 4.31 Å². The fourth-order valence-electron chi connectivity index (χ4n) is 3.52. The Labute approximate surface area is 191 Å². The predicted octanol–water partition coefficient (Wildman–Crippen LogP) is 3.85. The topological polar surface area (TPSA) is 70.6 Å². The molecule has 0 spiro atoms. The molecule has 31 heavy (non-hydrogen) atoms. The van der Waals surface area contributed by atoms with Crippen LogP contribution in [-0.2, 0) is 21.2 Å². The second-order valence-corrected chi connectivity index (χ2v) is 10.7. The second kappa shape index (κ2) is 9.08. The van der Waals surface area contributed by atoms with Crippen molar-refractivity contribution in [2.24, 2.45) is 0 Å². The van der Waals surface area contributed by atoms with Crippen LogP contribution in [0.4, 0.5) is 0 Å². The van der Waals surface area contributed by atoms with Crippen LogP contribution in [0.2, 0.25) is 5.02 Å². The van der Waals surface area contributed by atoms with Gasteiger partial charge in [0.15, 0.2) is 0 Å². The minimum absolute atomic E-state index is 0.0408.